The Balaban J connectivity index is 1.77. The molecule has 1 aliphatic rings. The number of rotatable bonds is 7. The van der Waals surface area contributed by atoms with E-state index in [1.165, 1.54) is 6.08 Å². The first-order chi connectivity index (χ1) is 11.9. The fraction of sp³-hybridized carbons (Fsp3) is 0.294. The number of esters is 1. The van der Waals surface area contributed by atoms with Crippen molar-refractivity contribution in [1.29, 1.82) is 5.41 Å². The Bertz CT molecular complexity index is 699. The Labute approximate surface area is 144 Å². The van der Waals surface area contributed by atoms with Gasteiger partial charge in [0, 0.05) is 24.1 Å². The van der Waals surface area contributed by atoms with Crippen LogP contribution in [-0.4, -0.2) is 35.8 Å². The second-order valence-electron chi connectivity index (χ2n) is 5.61. The average molecular weight is 344 g/mol. The Morgan fingerprint density at radius 2 is 1.92 bits per heavy atom. The maximum atomic E-state index is 11.9. The summed E-state index contributed by atoms with van der Waals surface area (Å²) in [6.45, 7) is 3.56. The molecule has 1 aromatic carbocycles. The lowest BCUT2D eigenvalue weighted by Gasteiger charge is -2.15. The molecule has 0 saturated carbocycles. The smallest absolute Gasteiger partial charge is 0.308 e. The van der Waals surface area contributed by atoms with Crippen molar-refractivity contribution in [1.82, 2.24) is 5.32 Å². The zero-order valence-electron chi connectivity index (χ0n) is 13.6. The van der Waals surface area contributed by atoms with Gasteiger partial charge in [-0.25, -0.2) is 0 Å². The van der Waals surface area contributed by atoms with Crippen LogP contribution in [0.25, 0.3) is 0 Å². The van der Waals surface area contributed by atoms with Gasteiger partial charge >= 0.3 is 5.97 Å². The third kappa shape index (κ3) is 5.17. The number of ether oxygens (including phenoxy) is 1. The van der Waals surface area contributed by atoms with E-state index in [-0.39, 0.29) is 42.9 Å². The van der Waals surface area contributed by atoms with Gasteiger partial charge in [-0.05, 0) is 30.3 Å². The molecule has 2 atom stereocenters. The number of hydrogen-bond donors (Lipinski definition) is 4. The molecule has 5 N–H and O–H groups in total. The van der Waals surface area contributed by atoms with E-state index in [1.807, 2.05) is 0 Å². The van der Waals surface area contributed by atoms with Crippen molar-refractivity contribution >= 4 is 29.3 Å². The summed E-state index contributed by atoms with van der Waals surface area (Å²) in [5.74, 6) is -1.09. The van der Waals surface area contributed by atoms with Crippen molar-refractivity contribution in [3.8, 4) is 0 Å². The first-order valence-corrected chi connectivity index (χ1v) is 7.74. The number of nitrogen functional groups attached to an aromatic ring is 1. The fourth-order valence-electron chi connectivity index (χ4n) is 2.39. The second-order valence-corrected chi connectivity index (χ2v) is 5.61. The topological polar surface area (TPSA) is 134 Å². The minimum Gasteiger partial charge on any atom is -0.456 e. The van der Waals surface area contributed by atoms with E-state index in [4.69, 9.17) is 15.9 Å². The van der Waals surface area contributed by atoms with E-state index >= 15 is 0 Å². The number of amides is 2. The zero-order chi connectivity index (χ0) is 18.4. The Hall–Kier alpha value is -3.16. The molecule has 8 nitrogen and oxygen atoms in total. The highest BCUT2D eigenvalue weighted by Gasteiger charge is 2.33. The summed E-state index contributed by atoms with van der Waals surface area (Å²) in [6, 6.07) is 6.06. The highest BCUT2D eigenvalue weighted by atomic mass is 16.6. The van der Waals surface area contributed by atoms with E-state index in [2.05, 4.69) is 17.2 Å². The van der Waals surface area contributed by atoms with Gasteiger partial charge in [0.25, 0.3) is 0 Å². The van der Waals surface area contributed by atoms with Crippen LogP contribution in [0.1, 0.15) is 24.8 Å². The van der Waals surface area contributed by atoms with Gasteiger partial charge < -0.3 is 21.1 Å². The van der Waals surface area contributed by atoms with Gasteiger partial charge in [-0.1, -0.05) is 6.58 Å². The molecule has 0 radical (unpaired) electrons. The van der Waals surface area contributed by atoms with Crippen LogP contribution in [0.4, 0.5) is 5.69 Å². The third-order valence-corrected chi connectivity index (χ3v) is 3.69. The minimum absolute atomic E-state index is 0.000568. The highest BCUT2D eigenvalue weighted by molar-refractivity contribution is 5.96. The monoisotopic (exact) mass is 344 g/mol. The molecule has 1 unspecified atom stereocenters. The molecule has 1 aromatic rings. The van der Waals surface area contributed by atoms with Crippen LogP contribution in [-0.2, 0) is 19.1 Å². The van der Waals surface area contributed by atoms with Gasteiger partial charge in [0.1, 0.15) is 11.9 Å². The van der Waals surface area contributed by atoms with E-state index in [9.17, 15) is 14.4 Å². The lowest BCUT2D eigenvalue weighted by molar-refractivity contribution is -0.140. The number of anilines is 1. The van der Waals surface area contributed by atoms with Crippen LogP contribution in [0.3, 0.4) is 0 Å². The molecule has 132 valence electrons. The van der Waals surface area contributed by atoms with Gasteiger partial charge in [-0.3, -0.25) is 19.8 Å². The normalized spacial score (nSPS) is 19.0. The molecule has 1 saturated heterocycles. The van der Waals surface area contributed by atoms with Gasteiger partial charge in [-0.2, -0.15) is 0 Å². The largest absolute Gasteiger partial charge is 0.456 e. The van der Waals surface area contributed by atoms with Gasteiger partial charge in [0.15, 0.2) is 0 Å². The Morgan fingerprint density at radius 1 is 1.28 bits per heavy atom. The first-order valence-electron chi connectivity index (χ1n) is 7.74. The Kier molecular flexibility index (Phi) is 5.89. The van der Waals surface area contributed by atoms with Crippen molar-refractivity contribution in [3.63, 3.8) is 0 Å². The Morgan fingerprint density at radius 3 is 2.52 bits per heavy atom. The number of amidine groups is 1. The zero-order valence-corrected chi connectivity index (χ0v) is 13.6. The van der Waals surface area contributed by atoms with Crippen LogP contribution < -0.4 is 16.4 Å². The number of nitrogens with one attached hydrogen (secondary N) is 3. The maximum absolute atomic E-state index is 11.9. The van der Waals surface area contributed by atoms with Crippen molar-refractivity contribution in [3.05, 3.63) is 42.5 Å². The van der Waals surface area contributed by atoms with Crippen LogP contribution in [0.2, 0.25) is 0 Å². The summed E-state index contributed by atoms with van der Waals surface area (Å²) in [7, 11) is 0. The summed E-state index contributed by atoms with van der Waals surface area (Å²) >= 11 is 0. The number of carbonyl (C=O) groups is 3. The fourth-order valence-corrected chi connectivity index (χ4v) is 2.39. The molecule has 1 aliphatic heterocycles. The van der Waals surface area contributed by atoms with E-state index < -0.39 is 12.1 Å². The number of nitrogens with two attached hydrogens (primary N) is 1. The van der Waals surface area contributed by atoms with Gasteiger partial charge in [0.2, 0.25) is 11.8 Å². The van der Waals surface area contributed by atoms with Crippen molar-refractivity contribution in [2.45, 2.75) is 31.4 Å². The summed E-state index contributed by atoms with van der Waals surface area (Å²) in [5.41, 5.74) is 6.47. The quantitative estimate of drug-likeness (QED) is 0.250. The molecule has 1 fully saturated rings. The molecule has 8 heteroatoms. The molecule has 1 heterocycles. The van der Waals surface area contributed by atoms with Crippen molar-refractivity contribution in [2.75, 3.05) is 5.32 Å². The highest BCUT2D eigenvalue weighted by Crippen LogP contribution is 2.16. The SMILES string of the molecule is C=CC1OC(=O)C[C@@H]1NC(=O)CCC(=O)Nc1ccc(C(=N)N)cc1. The summed E-state index contributed by atoms with van der Waals surface area (Å²) in [4.78, 5) is 35.0. The molecule has 25 heavy (non-hydrogen) atoms. The van der Waals surface area contributed by atoms with Gasteiger partial charge in [0.05, 0.1) is 12.5 Å². The molecule has 0 spiro atoms. The minimum atomic E-state index is -0.537. The van der Waals surface area contributed by atoms with Crippen LogP contribution in [0.15, 0.2) is 36.9 Å². The average Bonchev–Trinajstić information content (AvgIpc) is 2.93. The summed E-state index contributed by atoms with van der Waals surface area (Å²) in [5, 5.41) is 12.6. The maximum Gasteiger partial charge on any atom is 0.308 e. The van der Waals surface area contributed by atoms with E-state index in [0.717, 1.165) is 0 Å². The molecule has 0 bridgehead atoms. The van der Waals surface area contributed by atoms with Gasteiger partial charge in [-0.15, -0.1) is 0 Å². The molecule has 2 amide bonds. The number of carbonyl (C=O) groups excluding carboxylic acids is 3. The van der Waals surface area contributed by atoms with Crippen molar-refractivity contribution < 1.29 is 19.1 Å². The number of hydrogen-bond acceptors (Lipinski definition) is 5. The molecule has 0 aromatic heterocycles. The summed E-state index contributed by atoms with van der Waals surface area (Å²) < 4.78 is 4.98. The molecule has 2 rings (SSSR count). The van der Waals surface area contributed by atoms with E-state index in [0.29, 0.717) is 11.3 Å². The molecular weight excluding hydrogens is 324 g/mol. The first kappa shape index (κ1) is 18.2. The lowest BCUT2D eigenvalue weighted by atomic mass is 10.1. The predicted molar refractivity (Wildman–Crippen MR) is 91.9 cm³/mol. The molecule has 0 aliphatic carbocycles. The van der Waals surface area contributed by atoms with Crippen LogP contribution in [0, 0.1) is 5.41 Å². The lowest BCUT2D eigenvalue weighted by Crippen LogP contribution is -2.39. The standard InChI is InChI=1S/C17H20N4O4/c1-2-13-12(9-16(24)25-13)21-15(23)8-7-14(22)20-11-5-3-10(4-6-11)17(18)19/h2-6,12-13H,1,7-9H2,(H3,18,19)(H,20,22)(H,21,23)/t12-,13?/m0/s1. The third-order valence-electron chi connectivity index (χ3n) is 3.69. The second kappa shape index (κ2) is 8.09. The summed E-state index contributed by atoms with van der Waals surface area (Å²) in [6.07, 6.45) is 1.02. The van der Waals surface area contributed by atoms with Crippen LogP contribution in [0.5, 0.6) is 0 Å². The van der Waals surface area contributed by atoms with E-state index in [1.54, 1.807) is 24.3 Å². The molecular formula is C17H20N4O4. The number of benzene rings is 1. The van der Waals surface area contributed by atoms with Crippen molar-refractivity contribution in [2.24, 2.45) is 5.73 Å². The number of cyclic esters (lactones) is 1. The van der Waals surface area contributed by atoms with Crippen LogP contribution >= 0.6 is 0 Å². The predicted octanol–water partition coefficient (Wildman–Crippen LogP) is 0.676.